The zero-order valence-electron chi connectivity index (χ0n) is 22.4. The highest BCUT2D eigenvalue weighted by Gasteiger charge is 2.93. The van der Waals surface area contributed by atoms with Crippen LogP contribution in [0.5, 0.6) is 0 Å². The summed E-state index contributed by atoms with van der Waals surface area (Å²) in [7, 11) is 0. The van der Waals surface area contributed by atoms with E-state index in [4.69, 9.17) is 0 Å². The van der Waals surface area contributed by atoms with Crippen molar-refractivity contribution in [3.63, 3.8) is 0 Å². The molecule has 0 aromatic carbocycles. The number of hydrogen-bond donors (Lipinski definition) is 0. The van der Waals surface area contributed by atoms with Crippen molar-refractivity contribution in [3.8, 4) is 0 Å². The summed E-state index contributed by atoms with van der Waals surface area (Å²) in [4.78, 5) is 22.6. The van der Waals surface area contributed by atoms with Crippen molar-refractivity contribution < 1.29 is 133 Å². The van der Waals surface area contributed by atoms with E-state index in [1.807, 2.05) is 0 Å². The second-order valence-corrected chi connectivity index (χ2v) is 10.1. The minimum atomic E-state index is -8.51. The summed E-state index contributed by atoms with van der Waals surface area (Å²) in [5.74, 6) is -90.5. The lowest BCUT2D eigenvalue weighted by atomic mass is 9.93. The van der Waals surface area contributed by atoms with E-state index in [1.54, 1.807) is 0 Å². The maximum absolute atomic E-state index is 13.8. The van der Waals surface area contributed by atoms with E-state index >= 15 is 0 Å². The lowest BCUT2D eigenvalue weighted by Gasteiger charge is -2.39. The van der Waals surface area contributed by atoms with Crippen molar-refractivity contribution in [1.29, 1.82) is 0 Å². The lowest BCUT2D eigenvalue weighted by molar-refractivity contribution is -0.437. The SMILES string of the molecule is CC(C)(COC(=O)C(F)(F)C(F)(F)C(F)(F)C(F)(F)C(F)(F)C(F)(F)F)COC(=O)C(F)(F)C(F)(F)C(F)(F)C(F)(F)C(F)(F)C(F)(F)F. The Morgan fingerprint density at radius 1 is 0.347 bits per heavy atom. The molecule has 0 amide bonds. The van der Waals surface area contributed by atoms with Crippen molar-refractivity contribution >= 4 is 11.9 Å². The molecular formula is C19H10F26O4. The minimum Gasteiger partial charge on any atom is -0.460 e. The van der Waals surface area contributed by atoms with Crippen molar-refractivity contribution in [2.45, 2.75) is 85.4 Å². The quantitative estimate of drug-likeness (QED) is 0.131. The molecule has 0 spiro atoms. The van der Waals surface area contributed by atoms with E-state index in [-0.39, 0.29) is 13.8 Å². The molecule has 0 heterocycles. The zero-order valence-corrected chi connectivity index (χ0v) is 22.4. The number of esters is 2. The van der Waals surface area contributed by atoms with Gasteiger partial charge in [-0.25, -0.2) is 9.59 Å². The zero-order chi connectivity index (χ0) is 40.5. The van der Waals surface area contributed by atoms with Gasteiger partial charge in [-0.2, -0.15) is 114 Å². The predicted molar refractivity (Wildman–Crippen MR) is 97.3 cm³/mol. The molecule has 0 saturated carbocycles. The Morgan fingerprint density at radius 2 is 0.531 bits per heavy atom. The molecule has 0 aromatic heterocycles. The molecular weight excluding hydrogens is 786 g/mol. The molecule has 0 atom stereocenters. The first-order valence-electron chi connectivity index (χ1n) is 11.0. The van der Waals surface area contributed by atoms with Gasteiger partial charge in [0.05, 0.1) is 13.2 Å². The summed E-state index contributed by atoms with van der Waals surface area (Å²) in [5.41, 5.74) is -2.92. The highest BCUT2D eigenvalue weighted by atomic mass is 19.4. The maximum atomic E-state index is 13.8. The van der Waals surface area contributed by atoms with E-state index in [0.29, 0.717) is 0 Å². The van der Waals surface area contributed by atoms with Gasteiger partial charge in [0.25, 0.3) is 0 Å². The molecule has 0 aliphatic rings. The van der Waals surface area contributed by atoms with Crippen LogP contribution in [0.25, 0.3) is 0 Å². The highest BCUT2D eigenvalue weighted by Crippen LogP contribution is 2.62. The maximum Gasteiger partial charge on any atom is 0.460 e. The van der Waals surface area contributed by atoms with Gasteiger partial charge in [0, 0.05) is 5.41 Å². The number of carbonyl (C=O) groups is 2. The molecule has 4 nitrogen and oxygen atoms in total. The minimum absolute atomic E-state index is 0.152. The topological polar surface area (TPSA) is 52.6 Å². The third-order valence-corrected chi connectivity index (χ3v) is 5.57. The Balaban J connectivity index is 6.14. The van der Waals surface area contributed by atoms with Crippen molar-refractivity contribution in [2.24, 2.45) is 5.41 Å². The largest absolute Gasteiger partial charge is 0.460 e. The fourth-order valence-corrected chi connectivity index (χ4v) is 2.54. The average molecular weight is 796 g/mol. The van der Waals surface area contributed by atoms with Crippen LogP contribution in [-0.4, -0.2) is 96.7 Å². The van der Waals surface area contributed by atoms with Gasteiger partial charge in [0.15, 0.2) is 0 Å². The summed E-state index contributed by atoms with van der Waals surface area (Å²) in [6, 6.07) is 0. The van der Waals surface area contributed by atoms with Crippen LogP contribution in [0.4, 0.5) is 114 Å². The van der Waals surface area contributed by atoms with Crippen LogP contribution in [0, 0.1) is 5.41 Å². The van der Waals surface area contributed by atoms with Gasteiger partial charge in [-0.05, 0) is 0 Å². The van der Waals surface area contributed by atoms with Gasteiger partial charge in [-0.3, -0.25) is 0 Å². The molecule has 0 rings (SSSR count). The molecule has 30 heteroatoms. The van der Waals surface area contributed by atoms with Gasteiger partial charge < -0.3 is 9.47 Å². The number of halogens is 26. The standard InChI is InChI=1S/C19H10F26O4/c1-7(2,3-48-5(46)8(20,21)10(24,25)12(28,29)14(32,33)16(36,37)18(40,41)42)4-49-6(47)9(22,23)11(26,27)13(30,31)15(34,35)17(38,39)19(43,44)45/h3-4H2,1-2H3. The fourth-order valence-electron chi connectivity index (χ4n) is 2.54. The van der Waals surface area contributed by atoms with Gasteiger partial charge in [-0.1, -0.05) is 13.8 Å². The number of rotatable bonds is 14. The van der Waals surface area contributed by atoms with E-state index in [2.05, 4.69) is 9.47 Å². The predicted octanol–water partition coefficient (Wildman–Crippen LogP) is 8.58. The van der Waals surface area contributed by atoms with E-state index in [1.165, 1.54) is 0 Å². The normalized spacial score (nSPS) is 16.1. The highest BCUT2D eigenvalue weighted by molar-refractivity contribution is 5.80. The molecule has 49 heavy (non-hydrogen) atoms. The molecule has 292 valence electrons. The third-order valence-electron chi connectivity index (χ3n) is 5.57. The molecule has 0 aliphatic heterocycles. The van der Waals surface area contributed by atoms with Crippen LogP contribution in [0.2, 0.25) is 0 Å². The number of ether oxygens (including phenoxy) is 2. The van der Waals surface area contributed by atoms with Gasteiger partial charge >= 0.3 is 83.5 Å². The van der Waals surface area contributed by atoms with E-state index in [9.17, 15) is 124 Å². The Labute approximate surface area is 250 Å². The number of carbonyl (C=O) groups excluding carboxylic acids is 2. The van der Waals surface area contributed by atoms with E-state index in [0.717, 1.165) is 0 Å². The van der Waals surface area contributed by atoms with Gasteiger partial charge in [0.2, 0.25) is 0 Å². The molecule has 0 N–H and O–H groups in total. The van der Waals surface area contributed by atoms with Crippen LogP contribution < -0.4 is 0 Å². The van der Waals surface area contributed by atoms with Gasteiger partial charge in [-0.15, -0.1) is 0 Å². The first-order chi connectivity index (χ1) is 20.8. The van der Waals surface area contributed by atoms with Crippen molar-refractivity contribution in [1.82, 2.24) is 0 Å². The molecule has 0 bridgehead atoms. The van der Waals surface area contributed by atoms with Crippen molar-refractivity contribution in [2.75, 3.05) is 13.2 Å². The summed E-state index contributed by atoms with van der Waals surface area (Å²) >= 11 is 0. The van der Waals surface area contributed by atoms with E-state index < -0.39 is 102 Å². The molecule has 0 unspecified atom stereocenters. The Kier molecular flexibility index (Phi) is 11.4. The molecule has 0 fully saturated rings. The summed E-state index contributed by atoms with van der Waals surface area (Å²) in [6.07, 6.45) is -15.7. The van der Waals surface area contributed by atoms with Crippen LogP contribution in [0.15, 0.2) is 0 Å². The Hall–Kier alpha value is -2.88. The molecule has 0 aliphatic carbocycles. The van der Waals surface area contributed by atoms with Crippen LogP contribution >= 0.6 is 0 Å². The fraction of sp³-hybridized carbons (Fsp3) is 0.895. The third kappa shape index (κ3) is 6.79. The molecule has 0 aromatic rings. The summed E-state index contributed by atoms with van der Waals surface area (Å²) < 4.78 is 346. The second kappa shape index (κ2) is 12.1. The first kappa shape index (κ1) is 46.1. The van der Waals surface area contributed by atoms with Crippen LogP contribution in [-0.2, 0) is 19.1 Å². The number of alkyl halides is 26. The smallest absolute Gasteiger partial charge is 0.460 e. The number of hydrogen-bond acceptors (Lipinski definition) is 4. The average Bonchev–Trinajstić information content (AvgIpc) is 2.87. The Morgan fingerprint density at radius 3 is 0.714 bits per heavy atom. The van der Waals surface area contributed by atoms with Crippen LogP contribution in [0.1, 0.15) is 13.8 Å². The Bertz CT molecular complexity index is 1130. The van der Waals surface area contributed by atoms with Crippen LogP contribution in [0.3, 0.4) is 0 Å². The second-order valence-electron chi connectivity index (χ2n) is 10.1. The van der Waals surface area contributed by atoms with Gasteiger partial charge in [0.1, 0.15) is 0 Å². The summed E-state index contributed by atoms with van der Waals surface area (Å²) in [6.45, 7) is -4.36. The first-order valence-corrected chi connectivity index (χ1v) is 11.0. The lowest BCUT2D eigenvalue weighted by Crippen LogP contribution is -2.71. The summed E-state index contributed by atoms with van der Waals surface area (Å²) in [5, 5.41) is 0. The molecule has 0 radical (unpaired) electrons. The van der Waals surface area contributed by atoms with Crippen molar-refractivity contribution in [3.05, 3.63) is 0 Å². The monoisotopic (exact) mass is 796 g/mol. The molecule has 0 saturated heterocycles.